The molecule has 2 heterocycles. The standard InChI is InChI=1S/C23H18N2O4/c1-15-13-19(26)24(21(15)28)23(17-9-5-3-6-10-17,18-11-7-4-8-12-18)25-20(27)14-16(2)22(25)29/h3-14H,1-2H3. The summed E-state index contributed by atoms with van der Waals surface area (Å²) in [6, 6.07) is 17.3. The highest BCUT2D eigenvalue weighted by Gasteiger charge is 2.57. The van der Waals surface area contributed by atoms with Crippen molar-refractivity contribution < 1.29 is 19.2 Å². The Balaban J connectivity index is 2.11. The summed E-state index contributed by atoms with van der Waals surface area (Å²) in [5.74, 6) is -2.25. The lowest BCUT2D eigenvalue weighted by Gasteiger charge is -2.46. The Labute approximate surface area is 167 Å². The summed E-state index contributed by atoms with van der Waals surface area (Å²) in [5.41, 5.74) is -0.334. The Kier molecular flexibility index (Phi) is 4.27. The summed E-state index contributed by atoms with van der Waals surface area (Å²) in [6.45, 7) is 3.08. The molecular formula is C23H18N2O4. The van der Waals surface area contributed by atoms with Crippen molar-refractivity contribution in [3.05, 3.63) is 95.1 Å². The van der Waals surface area contributed by atoms with E-state index in [0.29, 0.717) is 11.1 Å². The van der Waals surface area contributed by atoms with Crippen molar-refractivity contribution in [2.24, 2.45) is 0 Å². The van der Waals surface area contributed by atoms with Gasteiger partial charge in [0.25, 0.3) is 23.6 Å². The van der Waals surface area contributed by atoms with E-state index in [1.54, 1.807) is 60.7 Å². The maximum absolute atomic E-state index is 13.1. The van der Waals surface area contributed by atoms with Crippen molar-refractivity contribution >= 4 is 23.6 Å². The van der Waals surface area contributed by atoms with Crippen LogP contribution in [-0.2, 0) is 24.8 Å². The zero-order valence-electron chi connectivity index (χ0n) is 16.0. The molecule has 6 nitrogen and oxygen atoms in total. The van der Waals surface area contributed by atoms with Gasteiger partial charge in [0.1, 0.15) is 0 Å². The van der Waals surface area contributed by atoms with E-state index in [4.69, 9.17) is 0 Å². The van der Waals surface area contributed by atoms with Gasteiger partial charge in [-0.15, -0.1) is 0 Å². The first-order valence-corrected chi connectivity index (χ1v) is 9.13. The van der Waals surface area contributed by atoms with Crippen molar-refractivity contribution in [3.63, 3.8) is 0 Å². The Morgan fingerprint density at radius 3 is 1.21 bits per heavy atom. The molecule has 0 aliphatic carbocycles. The third-order valence-electron chi connectivity index (χ3n) is 5.20. The molecule has 144 valence electrons. The van der Waals surface area contributed by atoms with Gasteiger partial charge < -0.3 is 0 Å². The lowest BCUT2D eigenvalue weighted by Crippen LogP contribution is -2.63. The first-order valence-electron chi connectivity index (χ1n) is 9.13. The summed E-state index contributed by atoms with van der Waals surface area (Å²) < 4.78 is 0. The van der Waals surface area contributed by atoms with Crippen LogP contribution in [0.2, 0.25) is 0 Å². The van der Waals surface area contributed by atoms with Crippen LogP contribution in [0.4, 0.5) is 0 Å². The molecule has 0 aromatic heterocycles. The maximum atomic E-state index is 13.1. The van der Waals surface area contributed by atoms with Crippen LogP contribution in [0.5, 0.6) is 0 Å². The average Bonchev–Trinajstić information content (AvgIpc) is 3.13. The van der Waals surface area contributed by atoms with Gasteiger partial charge in [-0.25, -0.2) is 9.80 Å². The zero-order chi connectivity index (χ0) is 20.8. The highest BCUT2D eigenvalue weighted by atomic mass is 16.2. The zero-order valence-corrected chi connectivity index (χ0v) is 16.0. The number of hydrogen-bond donors (Lipinski definition) is 0. The monoisotopic (exact) mass is 386 g/mol. The van der Waals surface area contributed by atoms with E-state index in [1.165, 1.54) is 26.0 Å². The van der Waals surface area contributed by atoms with E-state index in [1.807, 2.05) is 0 Å². The molecule has 6 heteroatoms. The quantitative estimate of drug-likeness (QED) is 0.757. The molecule has 0 unspecified atom stereocenters. The fraction of sp³-hybridized carbons (Fsp3) is 0.130. The third kappa shape index (κ3) is 2.56. The van der Waals surface area contributed by atoms with Gasteiger partial charge in [-0.05, 0) is 13.8 Å². The van der Waals surface area contributed by atoms with Gasteiger partial charge >= 0.3 is 0 Å². The van der Waals surface area contributed by atoms with Crippen molar-refractivity contribution in [1.29, 1.82) is 0 Å². The molecule has 0 fully saturated rings. The molecule has 4 rings (SSSR count). The third-order valence-corrected chi connectivity index (χ3v) is 5.20. The van der Waals surface area contributed by atoms with Gasteiger partial charge in [0.05, 0.1) is 0 Å². The molecule has 0 N–H and O–H groups in total. The predicted octanol–water partition coefficient (Wildman–Crippen LogP) is 2.52. The first-order chi connectivity index (χ1) is 13.9. The lowest BCUT2D eigenvalue weighted by molar-refractivity contribution is -0.161. The summed E-state index contributed by atoms with van der Waals surface area (Å²) >= 11 is 0. The van der Waals surface area contributed by atoms with E-state index in [9.17, 15) is 19.2 Å². The molecule has 0 atom stereocenters. The van der Waals surface area contributed by atoms with Crippen LogP contribution in [0, 0.1) is 0 Å². The van der Waals surface area contributed by atoms with Gasteiger partial charge in [0.2, 0.25) is 0 Å². The minimum Gasteiger partial charge on any atom is -0.269 e. The topological polar surface area (TPSA) is 74.8 Å². The second-order valence-corrected chi connectivity index (χ2v) is 7.02. The molecule has 0 saturated carbocycles. The Morgan fingerprint density at radius 1 is 0.586 bits per heavy atom. The SMILES string of the molecule is CC1=CC(=O)N(C(c2ccccc2)(c2ccccc2)N2C(=O)C=C(C)C2=O)C1=O. The van der Waals surface area contributed by atoms with Crippen LogP contribution in [0.25, 0.3) is 0 Å². The number of carbonyl (C=O) groups is 4. The van der Waals surface area contributed by atoms with Crippen molar-refractivity contribution in [2.75, 3.05) is 0 Å². The largest absolute Gasteiger partial charge is 0.269 e. The molecule has 2 aliphatic rings. The molecule has 0 saturated heterocycles. The van der Waals surface area contributed by atoms with Gasteiger partial charge in [0.15, 0.2) is 5.66 Å². The smallest absolute Gasteiger partial charge is 0.259 e. The number of amides is 4. The Hall–Kier alpha value is -3.80. The van der Waals surface area contributed by atoms with Crippen LogP contribution >= 0.6 is 0 Å². The minimum absolute atomic E-state index is 0.245. The van der Waals surface area contributed by atoms with Crippen LogP contribution in [0.1, 0.15) is 25.0 Å². The van der Waals surface area contributed by atoms with Gasteiger partial charge in [0, 0.05) is 34.4 Å². The Morgan fingerprint density at radius 2 is 0.931 bits per heavy atom. The first kappa shape index (κ1) is 18.6. The van der Waals surface area contributed by atoms with E-state index < -0.39 is 29.3 Å². The van der Waals surface area contributed by atoms with Crippen LogP contribution in [0.15, 0.2) is 84.0 Å². The fourth-order valence-electron chi connectivity index (χ4n) is 3.91. The van der Waals surface area contributed by atoms with E-state index in [-0.39, 0.29) is 11.1 Å². The summed E-state index contributed by atoms with van der Waals surface area (Å²) in [4.78, 5) is 54.3. The number of nitrogens with zero attached hydrogens (tertiary/aromatic N) is 2. The number of carbonyl (C=O) groups excluding carboxylic acids is 4. The molecule has 0 spiro atoms. The normalized spacial score (nSPS) is 17.2. The number of rotatable bonds is 4. The van der Waals surface area contributed by atoms with Crippen LogP contribution in [-0.4, -0.2) is 33.4 Å². The molecule has 29 heavy (non-hydrogen) atoms. The maximum Gasteiger partial charge on any atom is 0.259 e. The highest BCUT2D eigenvalue weighted by Crippen LogP contribution is 2.44. The molecular weight excluding hydrogens is 368 g/mol. The van der Waals surface area contributed by atoms with E-state index in [2.05, 4.69) is 0 Å². The summed E-state index contributed by atoms with van der Waals surface area (Å²) in [7, 11) is 0. The number of benzene rings is 2. The molecule has 4 amide bonds. The van der Waals surface area contributed by atoms with Gasteiger partial charge in [-0.2, -0.15) is 0 Å². The molecule has 2 aromatic carbocycles. The average molecular weight is 386 g/mol. The van der Waals surface area contributed by atoms with Crippen molar-refractivity contribution in [1.82, 2.24) is 9.80 Å². The van der Waals surface area contributed by atoms with E-state index in [0.717, 1.165) is 9.80 Å². The number of hydrogen-bond acceptors (Lipinski definition) is 4. The summed E-state index contributed by atoms with van der Waals surface area (Å²) in [5, 5.41) is 0. The number of imide groups is 2. The molecule has 0 radical (unpaired) electrons. The van der Waals surface area contributed by atoms with Crippen molar-refractivity contribution in [2.45, 2.75) is 19.5 Å². The fourth-order valence-corrected chi connectivity index (χ4v) is 3.91. The Bertz CT molecular complexity index is 1010. The van der Waals surface area contributed by atoms with Crippen molar-refractivity contribution in [3.8, 4) is 0 Å². The highest BCUT2D eigenvalue weighted by molar-refractivity contribution is 6.20. The van der Waals surface area contributed by atoms with Gasteiger partial charge in [-0.1, -0.05) is 60.7 Å². The molecule has 0 bridgehead atoms. The lowest BCUT2D eigenvalue weighted by atomic mass is 9.87. The minimum atomic E-state index is -1.74. The van der Waals surface area contributed by atoms with E-state index >= 15 is 0 Å². The second-order valence-electron chi connectivity index (χ2n) is 7.02. The predicted molar refractivity (Wildman–Crippen MR) is 105 cm³/mol. The summed E-state index contributed by atoms with van der Waals surface area (Å²) in [6.07, 6.45) is 2.46. The molecule has 2 aliphatic heterocycles. The van der Waals surface area contributed by atoms with Crippen LogP contribution in [0.3, 0.4) is 0 Å². The second kappa shape index (κ2) is 6.67. The molecule has 2 aromatic rings. The van der Waals surface area contributed by atoms with Crippen LogP contribution < -0.4 is 0 Å². The van der Waals surface area contributed by atoms with Gasteiger partial charge in [-0.3, -0.25) is 19.2 Å².